The Kier molecular flexibility index (Phi) is 6.30. The van der Waals surface area contributed by atoms with Crippen molar-refractivity contribution < 1.29 is 4.79 Å². The van der Waals surface area contributed by atoms with Crippen LogP contribution in [0.3, 0.4) is 0 Å². The zero-order valence-corrected chi connectivity index (χ0v) is 15.1. The number of hydrogen-bond acceptors (Lipinski definition) is 2. The van der Waals surface area contributed by atoms with Crippen LogP contribution in [0.1, 0.15) is 51.0 Å². The molecule has 2 aliphatic heterocycles. The van der Waals surface area contributed by atoms with Crippen LogP contribution in [-0.2, 0) is 11.2 Å². The third-order valence-electron chi connectivity index (χ3n) is 5.74. The van der Waals surface area contributed by atoms with Gasteiger partial charge in [-0.2, -0.15) is 0 Å². The summed E-state index contributed by atoms with van der Waals surface area (Å²) < 4.78 is 0. The van der Waals surface area contributed by atoms with Gasteiger partial charge < -0.3 is 9.80 Å². The van der Waals surface area contributed by atoms with Crippen molar-refractivity contribution >= 4 is 5.91 Å². The van der Waals surface area contributed by atoms with Crippen molar-refractivity contribution in [1.82, 2.24) is 9.80 Å². The molecule has 24 heavy (non-hydrogen) atoms. The van der Waals surface area contributed by atoms with Gasteiger partial charge in [0.2, 0.25) is 5.91 Å². The van der Waals surface area contributed by atoms with E-state index < -0.39 is 0 Å². The van der Waals surface area contributed by atoms with Gasteiger partial charge in [0.1, 0.15) is 0 Å². The maximum Gasteiger partial charge on any atom is 0.227 e. The molecule has 1 unspecified atom stereocenters. The second-order valence-electron chi connectivity index (χ2n) is 7.74. The summed E-state index contributed by atoms with van der Waals surface area (Å²) in [4.78, 5) is 17.7. The summed E-state index contributed by atoms with van der Waals surface area (Å²) in [5.74, 6) is 1.18. The van der Waals surface area contributed by atoms with Crippen LogP contribution in [0.4, 0.5) is 0 Å². The van der Waals surface area contributed by atoms with E-state index in [1.807, 2.05) is 18.2 Å². The van der Waals surface area contributed by atoms with E-state index >= 15 is 0 Å². The van der Waals surface area contributed by atoms with Crippen LogP contribution >= 0.6 is 0 Å². The molecule has 0 N–H and O–H groups in total. The Morgan fingerprint density at radius 1 is 1.00 bits per heavy atom. The molecule has 1 atom stereocenters. The average Bonchev–Trinajstić information content (AvgIpc) is 2.83. The highest BCUT2D eigenvalue weighted by Crippen LogP contribution is 2.22. The summed E-state index contributed by atoms with van der Waals surface area (Å²) in [5.41, 5.74) is 1.14. The fraction of sp³-hybridized carbons (Fsp3) is 0.667. The lowest BCUT2D eigenvalue weighted by molar-refractivity contribution is -0.133. The summed E-state index contributed by atoms with van der Waals surface area (Å²) in [6, 6.07) is 10.6. The largest absolute Gasteiger partial charge is 0.338 e. The molecule has 1 aromatic rings. The lowest BCUT2D eigenvalue weighted by atomic mass is 9.98. The molecule has 1 amide bonds. The van der Waals surface area contributed by atoms with E-state index in [0.717, 1.165) is 31.0 Å². The number of benzene rings is 1. The van der Waals surface area contributed by atoms with E-state index in [1.54, 1.807) is 0 Å². The monoisotopic (exact) mass is 328 g/mol. The van der Waals surface area contributed by atoms with Gasteiger partial charge in [-0.25, -0.2) is 0 Å². The maximum absolute atomic E-state index is 12.9. The highest BCUT2D eigenvalue weighted by molar-refractivity contribution is 5.79. The Balaban J connectivity index is 1.62. The van der Waals surface area contributed by atoms with Crippen molar-refractivity contribution in [1.29, 1.82) is 0 Å². The second kappa shape index (κ2) is 8.66. The summed E-state index contributed by atoms with van der Waals surface area (Å²) in [5, 5.41) is 0. The molecule has 0 bridgehead atoms. The van der Waals surface area contributed by atoms with Crippen LogP contribution in [0.2, 0.25) is 0 Å². The Bertz CT molecular complexity index is 508. The zero-order valence-electron chi connectivity index (χ0n) is 15.1. The van der Waals surface area contributed by atoms with Crippen LogP contribution in [0.25, 0.3) is 0 Å². The Labute approximate surface area is 147 Å². The van der Waals surface area contributed by atoms with Crippen LogP contribution < -0.4 is 0 Å². The van der Waals surface area contributed by atoms with E-state index in [9.17, 15) is 4.79 Å². The van der Waals surface area contributed by atoms with Crippen LogP contribution in [0.5, 0.6) is 0 Å². The lowest BCUT2D eigenvalue weighted by Crippen LogP contribution is -2.48. The molecule has 2 fully saturated rings. The Morgan fingerprint density at radius 2 is 1.75 bits per heavy atom. The topological polar surface area (TPSA) is 23.6 Å². The normalized spacial score (nSPS) is 23.9. The van der Waals surface area contributed by atoms with Crippen molar-refractivity contribution in [3.8, 4) is 0 Å². The van der Waals surface area contributed by atoms with Gasteiger partial charge in [-0.05, 0) is 50.3 Å². The first-order valence-corrected chi connectivity index (χ1v) is 9.78. The standard InChI is InChI=1S/C21H32N2O/c1-18-11-14-22(15-12-18)17-20-10-6-3-7-13-23(20)21(24)16-19-8-4-2-5-9-19/h2,4-5,8-9,18,20H,3,6-7,10-17H2,1H3. The Hall–Kier alpha value is -1.35. The summed E-state index contributed by atoms with van der Waals surface area (Å²) in [6.07, 6.45) is 8.04. The molecule has 0 radical (unpaired) electrons. The van der Waals surface area contributed by atoms with Crippen molar-refractivity contribution in [3.05, 3.63) is 35.9 Å². The van der Waals surface area contributed by atoms with E-state index in [0.29, 0.717) is 18.4 Å². The quantitative estimate of drug-likeness (QED) is 0.841. The fourth-order valence-electron chi connectivity index (χ4n) is 4.11. The predicted molar refractivity (Wildman–Crippen MR) is 99.0 cm³/mol. The number of nitrogens with zero attached hydrogens (tertiary/aromatic N) is 2. The third-order valence-corrected chi connectivity index (χ3v) is 5.74. The van der Waals surface area contributed by atoms with Crippen molar-refractivity contribution in [2.24, 2.45) is 5.92 Å². The SMILES string of the molecule is CC1CCN(CC2CCCCCN2C(=O)Cc2ccccc2)CC1. The summed E-state index contributed by atoms with van der Waals surface area (Å²) >= 11 is 0. The van der Waals surface area contributed by atoms with Crippen molar-refractivity contribution in [2.45, 2.75) is 57.9 Å². The van der Waals surface area contributed by atoms with Crippen LogP contribution in [-0.4, -0.2) is 47.9 Å². The lowest BCUT2D eigenvalue weighted by Gasteiger charge is -2.37. The highest BCUT2D eigenvalue weighted by Gasteiger charge is 2.28. The first-order valence-electron chi connectivity index (χ1n) is 9.78. The molecule has 3 heteroatoms. The summed E-state index contributed by atoms with van der Waals surface area (Å²) in [7, 11) is 0. The number of likely N-dealkylation sites (tertiary alicyclic amines) is 2. The molecule has 2 aliphatic rings. The number of carbonyl (C=O) groups is 1. The van der Waals surface area contributed by atoms with Gasteiger partial charge in [0.05, 0.1) is 6.42 Å². The Morgan fingerprint density at radius 3 is 2.50 bits per heavy atom. The summed E-state index contributed by atoms with van der Waals surface area (Å²) in [6.45, 7) is 6.79. The minimum Gasteiger partial charge on any atom is -0.338 e. The zero-order chi connectivity index (χ0) is 16.8. The number of amides is 1. The predicted octanol–water partition coefficient (Wildman–Crippen LogP) is 3.73. The minimum atomic E-state index is 0.318. The number of hydrogen-bond donors (Lipinski definition) is 0. The number of piperidine rings is 1. The van der Waals surface area contributed by atoms with Gasteiger partial charge in [-0.15, -0.1) is 0 Å². The van der Waals surface area contributed by atoms with Gasteiger partial charge in [0, 0.05) is 19.1 Å². The smallest absolute Gasteiger partial charge is 0.227 e. The van der Waals surface area contributed by atoms with Gasteiger partial charge in [0.25, 0.3) is 0 Å². The van der Waals surface area contributed by atoms with Crippen molar-refractivity contribution in [3.63, 3.8) is 0 Å². The number of carbonyl (C=O) groups excluding carboxylic acids is 1. The average molecular weight is 329 g/mol. The van der Waals surface area contributed by atoms with Gasteiger partial charge in [-0.1, -0.05) is 50.1 Å². The second-order valence-corrected chi connectivity index (χ2v) is 7.74. The van der Waals surface area contributed by atoms with Crippen molar-refractivity contribution in [2.75, 3.05) is 26.2 Å². The first kappa shape index (κ1) is 17.5. The van der Waals surface area contributed by atoms with E-state index in [4.69, 9.17) is 0 Å². The molecular weight excluding hydrogens is 296 g/mol. The molecule has 0 aliphatic carbocycles. The molecule has 1 aromatic carbocycles. The van der Waals surface area contributed by atoms with Gasteiger partial charge in [0.15, 0.2) is 0 Å². The molecule has 0 aromatic heterocycles. The van der Waals surface area contributed by atoms with E-state index in [2.05, 4.69) is 28.9 Å². The molecule has 132 valence electrons. The maximum atomic E-state index is 12.9. The van der Waals surface area contributed by atoms with E-state index in [-0.39, 0.29) is 0 Å². The van der Waals surface area contributed by atoms with Crippen LogP contribution in [0, 0.1) is 5.92 Å². The third kappa shape index (κ3) is 4.83. The fourth-order valence-corrected chi connectivity index (χ4v) is 4.11. The molecule has 0 saturated carbocycles. The highest BCUT2D eigenvalue weighted by atomic mass is 16.2. The number of rotatable bonds is 4. The molecule has 3 rings (SSSR count). The van der Waals surface area contributed by atoms with Crippen LogP contribution in [0.15, 0.2) is 30.3 Å². The van der Waals surface area contributed by atoms with Gasteiger partial charge in [-0.3, -0.25) is 4.79 Å². The molecular formula is C21H32N2O. The molecule has 3 nitrogen and oxygen atoms in total. The molecule has 2 heterocycles. The molecule has 2 saturated heterocycles. The molecule has 0 spiro atoms. The van der Waals surface area contributed by atoms with Gasteiger partial charge >= 0.3 is 0 Å². The van der Waals surface area contributed by atoms with E-state index in [1.165, 1.54) is 45.2 Å². The minimum absolute atomic E-state index is 0.318. The first-order chi connectivity index (χ1) is 11.7.